The van der Waals surface area contributed by atoms with Crippen LogP contribution in [0.3, 0.4) is 0 Å². The van der Waals surface area contributed by atoms with E-state index in [2.05, 4.69) is 10.9 Å². The van der Waals surface area contributed by atoms with Crippen molar-refractivity contribution in [3.8, 4) is 0 Å². The van der Waals surface area contributed by atoms with E-state index >= 15 is 0 Å². The Bertz CT molecular complexity index is 717. The van der Waals surface area contributed by atoms with Crippen LogP contribution < -0.4 is 16.0 Å². The summed E-state index contributed by atoms with van der Waals surface area (Å²) in [6.07, 6.45) is 0. The van der Waals surface area contributed by atoms with E-state index in [-0.39, 0.29) is 0 Å². The summed E-state index contributed by atoms with van der Waals surface area (Å²) in [5.41, 5.74) is 9.42. The van der Waals surface area contributed by atoms with Crippen molar-refractivity contribution in [1.29, 1.82) is 0 Å². The molecule has 0 amide bonds. The van der Waals surface area contributed by atoms with Gasteiger partial charge in [-0.25, -0.2) is 0 Å². The SMILES string of the molecule is Clc1ccccc1NN(Nc1ccccc1)c1ccccc1. The second kappa shape index (κ2) is 6.87. The van der Waals surface area contributed by atoms with E-state index in [1.54, 1.807) is 0 Å². The standard InChI is InChI=1S/C18H16ClN3/c19-17-13-7-8-14-18(17)21-22(16-11-5-2-6-12-16)20-15-9-3-1-4-10-15/h1-14,20-21H. The second-order valence-electron chi connectivity index (χ2n) is 4.74. The molecule has 4 heteroatoms. The molecule has 22 heavy (non-hydrogen) atoms. The molecule has 0 atom stereocenters. The van der Waals surface area contributed by atoms with Crippen molar-refractivity contribution < 1.29 is 0 Å². The van der Waals surface area contributed by atoms with Gasteiger partial charge in [0.2, 0.25) is 0 Å². The predicted molar refractivity (Wildman–Crippen MR) is 94.1 cm³/mol. The molecule has 110 valence electrons. The fourth-order valence-electron chi connectivity index (χ4n) is 2.05. The first kappa shape index (κ1) is 14.3. The highest BCUT2D eigenvalue weighted by atomic mass is 35.5. The van der Waals surface area contributed by atoms with Gasteiger partial charge in [-0.05, 0) is 36.4 Å². The maximum Gasteiger partial charge on any atom is 0.0811 e. The predicted octanol–water partition coefficient (Wildman–Crippen LogP) is 5.20. The van der Waals surface area contributed by atoms with Gasteiger partial charge < -0.3 is 0 Å². The molecule has 0 aliphatic carbocycles. The van der Waals surface area contributed by atoms with Crippen molar-refractivity contribution in [1.82, 2.24) is 0 Å². The molecule has 3 rings (SSSR count). The molecule has 0 heterocycles. The van der Waals surface area contributed by atoms with Crippen LogP contribution in [0.15, 0.2) is 84.9 Å². The van der Waals surface area contributed by atoms with Crippen LogP contribution in [0.1, 0.15) is 0 Å². The maximum atomic E-state index is 6.24. The lowest BCUT2D eigenvalue weighted by molar-refractivity contribution is 1.06. The Kier molecular flexibility index (Phi) is 4.47. The Morgan fingerprint density at radius 3 is 1.91 bits per heavy atom. The lowest BCUT2D eigenvalue weighted by Crippen LogP contribution is -2.35. The van der Waals surface area contributed by atoms with E-state index in [1.165, 1.54) is 0 Å². The lowest BCUT2D eigenvalue weighted by Gasteiger charge is -2.28. The molecule has 0 aliphatic heterocycles. The fourth-order valence-corrected chi connectivity index (χ4v) is 2.23. The number of nitrogens with one attached hydrogen (secondary N) is 2. The number of halogens is 1. The number of anilines is 3. The molecule has 3 aromatic carbocycles. The number of hydrogen-bond donors (Lipinski definition) is 2. The molecule has 0 bridgehead atoms. The van der Waals surface area contributed by atoms with E-state index in [0.717, 1.165) is 17.1 Å². The van der Waals surface area contributed by atoms with Gasteiger partial charge in [0, 0.05) is 0 Å². The van der Waals surface area contributed by atoms with Crippen molar-refractivity contribution in [2.24, 2.45) is 0 Å². The van der Waals surface area contributed by atoms with Crippen LogP contribution in [-0.4, -0.2) is 0 Å². The van der Waals surface area contributed by atoms with E-state index in [9.17, 15) is 0 Å². The quantitative estimate of drug-likeness (QED) is 0.634. The molecular formula is C18H16ClN3. The Balaban J connectivity index is 1.88. The average molecular weight is 310 g/mol. The van der Waals surface area contributed by atoms with Gasteiger partial charge in [0.05, 0.1) is 22.1 Å². The van der Waals surface area contributed by atoms with Crippen molar-refractivity contribution in [2.75, 3.05) is 16.0 Å². The van der Waals surface area contributed by atoms with Gasteiger partial charge in [0.25, 0.3) is 0 Å². The van der Waals surface area contributed by atoms with Gasteiger partial charge in [-0.3, -0.25) is 10.9 Å². The molecule has 3 nitrogen and oxygen atoms in total. The van der Waals surface area contributed by atoms with Crippen LogP contribution >= 0.6 is 11.6 Å². The van der Waals surface area contributed by atoms with Crippen LogP contribution in [0.25, 0.3) is 0 Å². The summed E-state index contributed by atoms with van der Waals surface area (Å²) in [6.45, 7) is 0. The Hall–Kier alpha value is -2.65. The summed E-state index contributed by atoms with van der Waals surface area (Å²) < 4.78 is 0. The minimum Gasteiger partial charge on any atom is -0.280 e. The molecule has 0 fully saturated rings. The fraction of sp³-hybridized carbons (Fsp3) is 0. The molecule has 3 aromatic rings. The zero-order valence-electron chi connectivity index (χ0n) is 11.9. The Morgan fingerprint density at radius 2 is 1.23 bits per heavy atom. The first-order valence-corrected chi connectivity index (χ1v) is 7.39. The minimum absolute atomic E-state index is 0.665. The number of nitrogens with zero attached hydrogens (tertiary/aromatic N) is 1. The van der Waals surface area contributed by atoms with Crippen LogP contribution in [0.2, 0.25) is 5.02 Å². The summed E-state index contributed by atoms with van der Waals surface area (Å²) in [5.74, 6) is 0. The summed E-state index contributed by atoms with van der Waals surface area (Å²) in [4.78, 5) is 0. The van der Waals surface area contributed by atoms with Crippen molar-refractivity contribution in [3.05, 3.63) is 90.0 Å². The van der Waals surface area contributed by atoms with Crippen molar-refractivity contribution in [3.63, 3.8) is 0 Å². The second-order valence-corrected chi connectivity index (χ2v) is 5.15. The van der Waals surface area contributed by atoms with Crippen molar-refractivity contribution in [2.45, 2.75) is 0 Å². The number of hydrogen-bond acceptors (Lipinski definition) is 3. The van der Waals surface area contributed by atoms with Crippen LogP contribution in [0.5, 0.6) is 0 Å². The molecule has 0 aromatic heterocycles. The zero-order chi connectivity index (χ0) is 15.2. The summed E-state index contributed by atoms with van der Waals surface area (Å²) >= 11 is 6.24. The number of benzene rings is 3. The summed E-state index contributed by atoms with van der Waals surface area (Å²) in [6, 6.07) is 27.6. The molecule has 0 radical (unpaired) electrons. The Morgan fingerprint density at radius 1 is 0.636 bits per heavy atom. The van der Waals surface area contributed by atoms with Gasteiger partial charge in [-0.2, -0.15) is 5.12 Å². The van der Waals surface area contributed by atoms with Crippen LogP contribution in [-0.2, 0) is 0 Å². The molecule has 0 saturated heterocycles. The molecular weight excluding hydrogens is 294 g/mol. The van der Waals surface area contributed by atoms with Crippen LogP contribution in [0.4, 0.5) is 17.1 Å². The molecule has 0 spiro atoms. The van der Waals surface area contributed by atoms with Gasteiger partial charge in [0.1, 0.15) is 0 Å². The topological polar surface area (TPSA) is 27.3 Å². The number of hydrazine groups is 2. The monoisotopic (exact) mass is 309 g/mol. The van der Waals surface area contributed by atoms with E-state index in [4.69, 9.17) is 11.6 Å². The number of rotatable bonds is 5. The van der Waals surface area contributed by atoms with E-state index < -0.39 is 0 Å². The first-order chi connectivity index (χ1) is 10.8. The van der Waals surface area contributed by atoms with Gasteiger partial charge in [0.15, 0.2) is 0 Å². The largest absolute Gasteiger partial charge is 0.280 e. The summed E-state index contributed by atoms with van der Waals surface area (Å²) in [7, 11) is 0. The van der Waals surface area contributed by atoms with Gasteiger partial charge in [-0.15, -0.1) is 0 Å². The Labute approximate surface area is 135 Å². The number of para-hydroxylation sites is 3. The lowest BCUT2D eigenvalue weighted by atomic mass is 10.3. The molecule has 0 unspecified atom stereocenters. The normalized spacial score (nSPS) is 10.0. The first-order valence-electron chi connectivity index (χ1n) is 7.01. The van der Waals surface area contributed by atoms with E-state index in [1.807, 2.05) is 90.0 Å². The third kappa shape index (κ3) is 3.51. The summed E-state index contributed by atoms with van der Waals surface area (Å²) in [5, 5.41) is 2.51. The maximum absolute atomic E-state index is 6.24. The third-order valence-corrected chi connectivity index (χ3v) is 3.46. The zero-order valence-corrected chi connectivity index (χ0v) is 12.7. The highest BCUT2D eigenvalue weighted by molar-refractivity contribution is 6.33. The van der Waals surface area contributed by atoms with Gasteiger partial charge in [-0.1, -0.05) is 60.1 Å². The molecule has 0 aliphatic rings. The molecule has 0 saturated carbocycles. The molecule has 2 N–H and O–H groups in total. The third-order valence-electron chi connectivity index (χ3n) is 3.14. The minimum atomic E-state index is 0.665. The highest BCUT2D eigenvalue weighted by Gasteiger charge is 2.08. The highest BCUT2D eigenvalue weighted by Crippen LogP contribution is 2.24. The van der Waals surface area contributed by atoms with Crippen molar-refractivity contribution >= 4 is 28.7 Å². The average Bonchev–Trinajstić information content (AvgIpc) is 2.58. The smallest absolute Gasteiger partial charge is 0.0811 e. The van der Waals surface area contributed by atoms with Crippen LogP contribution in [0, 0.1) is 0 Å². The van der Waals surface area contributed by atoms with E-state index in [0.29, 0.717) is 5.02 Å². The van der Waals surface area contributed by atoms with Gasteiger partial charge >= 0.3 is 0 Å².